The molecule has 25 heavy (non-hydrogen) atoms. The van der Waals surface area contributed by atoms with E-state index in [1.54, 1.807) is 26.4 Å². The number of amides is 1. The molecule has 0 radical (unpaired) electrons. The Bertz CT molecular complexity index is 812. The lowest BCUT2D eigenvalue weighted by atomic mass is 9.96. The van der Waals surface area contributed by atoms with Gasteiger partial charge >= 0.3 is 0 Å². The number of rotatable bonds is 5. The number of carbonyl (C=O) groups excluding carboxylic acids is 1. The number of piperidine rings is 1. The smallest absolute Gasteiger partial charge is 0.294 e. The van der Waals surface area contributed by atoms with Crippen molar-refractivity contribution in [3.8, 4) is 0 Å². The van der Waals surface area contributed by atoms with Gasteiger partial charge in [-0.25, -0.2) is 9.97 Å². The van der Waals surface area contributed by atoms with Crippen molar-refractivity contribution in [2.24, 2.45) is 13.0 Å². The van der Waals surface area contributed by atoms with Crippen molar-refractivity contribution in [3.05, 3.63) is 28.7 Å². The van der Waals surface area contributed by atoms with Crippen molar-refractivity contribution in [2.45, 2.75) is 12.8 Å². The van der Waals surface area contributed by atoms with Crippen molar-refractivity contribution in [1.82, 2.24) is 19.9 Å². The summed E-state index contributed by atoms with van der Waals surface area (Å²) in [5.74, 6) is 0.459. The van der Waals surface area contributed by atoms with Crippen LogP contribution in [0.2, 0.25) is 0 Å². The number of hydrogen-bond donors (Lipinski definition) is 1. The van der Waals surface area contributed by atoms with Crippen LogP contribution in [-0.4, -0.2) is 53.8 Å². The normalized spacial score (nSPS) is 15.5. The Kier molecular flexibility index (Phi) is 5.28. The Balaban J connectivity index is 1.71. The van der Waals surface area contributed by atoms with E-state index in [2.05, 4.69) is 15.3 Å². The zero-order valence-electron chi connectivity index (χ0n) is 14.6. The predicted molar refractivity (Wildman–Crippen MR) is 94.6 cm³/mol. The summed E-state index contributed by atoms with van der Waals surface area (Å²) in [5, 5.41) is 2.88. The zero-order valence-corrected chi connectivity index (χ0v) is 14.6. The average Bonchev–Trinajstić information content (AvgIpc) is 2.65. The first-order chi connectivity index (χ1) is 12.1. The molecule has 0 bridgehead atoms. The Morgan fingerprint density at radius 1 is 1.40 bits per heavy atom. The van der Waals surface area contributed by atoms with Crippen LogP contribution in [0.25, 0.3) is 11.2 Å². The van der Waals surface area contributed by atoms with E-state index in [0.29, 0.717) is 56.1 Å². The van der Waals surface area contributed by atoms with Crippen LogP contribution in [0, 0.1) is 5.92 Å². The van der Waals surface area contributed by atoms with Gasteiger partial charge in [-0.3, -0.25) is 14.2 Å². The second-order valence-corrected chi connectivity index (χ2v) is 6.19. The van der Waals surface area contributed by atoms with Crippen LogP contribution in [0.5, 0.6) is 0 Å². The molecule has 0 unspecified atom stereocenters. The summed E-state index contributed by atoms with van der Waals surface area (Å²) >= 11 is 0. The molecule has 3 heterocycles. The van der Waals surface area contributed by atoms with Gasteiger partial charge in [0.05, 0.1) is 6.61 Å². The van der Waals surface area contributed by atoms with E-state index < -0.39 is 0 Å². The molecule has 0 aromatic carbocycles. The predicted octanol–water partition coefficient (Wildman–Crippen LogP) is 0.307. The third-order valence-electron chi connectivity index (χ3n) is 4.58. The summed E-state index contributed by atoms with van der Waals surface area (Å²) in [6.45, 7) is 2.30. The molecule has 2 aromatic rings. The number of hydrogen-bond acceptors (Lipinski definition) is 6. The largest absolute Gasteiger partial charge is 0.383 e. The highest BCUT2D eigenvalue weighted by atomic mass is 16.5. The summed E-state index contributed by atoms with van der Waals surface area (Å²) in [5.41, 5.74) is 1.11. The molecule has 134 valence electrons. The maximum atomic E-state index is 12.6. The fourth-order valence-corrected chi connectivity index (χ4v) is 3.12. The topological polar surface area (TPSA) is 89.3 Å². The first-order valence-electron chi connectivity index (χ1n) is 8.45. The Labute approximate surface area is 145 Å². The number of aryl methyl sites for hydroxylation is 1. The number of pyridine rings is 1. The standard InChI is InChI=1S/C17H23N5O3/c1-21-14-13(4-3-7-18-14)20-15(17(21)24)22-9-5-12(6-10-22)16(23)19-8-11-25-2/h3-4,7,12H,5-6,8-11H2,1-2H3,(H,19,23). The summed E-state index contributed by atoms with van der Waals surface area (Å²) in [6, 6.07) is 3.65. The minimum absolute atomic E-state index is 0.0286. The van der Waals surface area contributed by atoms with Gasteiger partial charge in [0.1, 0.15) is 5.52 Å². The second kappa shape index (κ2) is 7.60. The summed E-state index contributed by atoms with van der Waals surface area (Å²) in [4.78, 5) is 35.4. The number of aromatic nitrogens is 3. The van der Waals surface area contributed by atoms with Gasteiger partial charge in [-0.05, 0) is 25.0 Å². The molecule has 1 N–H and O–H groups in total. The Morgan fingerprint density at radius 2 is 2.16 bits per heavy atom. The van der Waals surface area contributed by atoms with E-state index in [1.165, 1.54) is 4.57 Å². The summed E-state index contributed by atoms with van der Waals surface area (Å²) in [7, 11) is 3.32. The molecule has 1 fully saturated rings. The van der Waals surface area contributed by atoms with Gasteiger partial charge in [0.15, 0.2) is 11.5 Å². The van der Waals surface area contributed by atoms with E-state index in [4.69, 9.17) is 4.74 Å². The van der Waals surface area contributed by atoms with Crippen molar-refractivity contribution >= 4 is 22.9 Å². The molecule has 1 saturated heterocycles. The molecule has 0 spiro atoms. The van der Waals surface area contributed by atoms with Crippen LogP contribution in [0.4, 0.5) is 5.82 Å². The van der Waals surface area contributed by atoms with E-state index in [0.717, 1.165) is 0 Å². The second-order valence-electron chi connectivity index (χ2n) is 6.19. The fourth-order valence-electron chi connectivity index (χ4n) is 3.12. The van der Waals surface area contributed by atoms with Crippen molar-refractivity contribution in [1.29, 1.82) is 0 Å². The monoisotopic (exact) mass is 345 g/mol. The van der Waals surface area contributed by atoms with Crippen molar-refractivity contribution in [3.63, 3.8) is 0 Å². The Morgan fingerprint density at radius 3 is 2.88 bits per heavy atom. The molecule has 1 aliphatic rings. The van der Waals surface area contributed by atoms with Gasteiger partial charge in [0, 0.05) is 45.9 Å². The lowest BCUT2D eigenvalue weighted by Crippen LogP contribution is -2.43. The molecular formula is C17H23N5O3. The lowest BCUT2D eigenvalue weighted by Gasteiger charge is -2.31. The maximum absolute atomic E-state index is 12.6. The zero-order chi connectivity index (χ0) is 17.8. The summed E-state index contributed by atoms with van der Waals surface area (Å²) < 4.78 is 6.47. The molecule has 8 nitrogen and oxygen atoms in total. The molecule has 2 aromatic heterocycles. The molecule has 0 aliphatic carbocycles. The average molecular weight is 345 g/mol. The molecule has 1 amide bonds. The first-order valence-corrected chi connectivity index (χ1v) is 8.45. The molecule has 0 saturated carbocycles. The van der Waals surface area contributed by atoms with E-state index in [9.17, 15) is 9.59 Å². The van der Waals surface area contributed by atoms with Crippen molar-refractivity contribution in [2.75, 3.05) is 38.3 Å². The van der Waals surface area contributed by atoms with Crippen LogP contribution < -0.4 is 15.8 Å². The number of methoxy groups -OCH3 is 1. The van der Waals surface area contributed by atoms with Gasteiger partial charge in [-0.1, -0.05) is 0 Å². The first kappa shape index (κ1) is 17.3. The van der Waals surface area contributed by atoms with Gasteiger partial charge in [-0.15, -0.1) is 0 Å². The Hall–Kier alpha value is -2.48. The number of carbonyl (C=O) groups is 1. The number of ether oxygens (including phenoxy) is 1. The molecule has 1 aliphatic heterocycles. The number of nitrogens with zero attached hydrogens (tertiary/aromatic N) is 4. The SMILES string of the molecule is COCCNC(=O)C1CCN(c2nc3cccnc3n(C)c2=O)CC1. The van der Waals surface area contributed by atoms with E-state index in [1.807, 2.05) is 11.0 Å². The highest BCUT2D eigenvalue weighted by molar-refractivity contribution is 5.79. The van der Waals surface area contributed by atoms with Gasteiger partial charge < -0.3 is 15.0 Å². The van der Waals surface area contributed by atoms with Gasteiger partial charge in [0.25, 0.3) is 5.56 Å². The number of fused-ring (bicyclic) bond motifs is 1. The summed E-state index contributed by atoms with van der Waals surface area (Å²) in [6.07, 6.45) is 3.06. The molecule has 3 rings (SSSR count). The van der Waals surface area contributed by atoms with Crippen LogP contribution in [-0.2, 0) is 16.6 Å². The highest BCUT2D eigenvalue weighted by Gasteiger charge is 2.27. The lowest BCUT2D eigenvalue weighted by molar-refractivity contribution is -0.125. The fraction of sp³-hybridized carbons (Fsp3) is 0.529. The maximum Gasteiger partial charge on any atom is 0.294 e. The van der Waals surface area contributed by atoms with Crippen LogP contribution >= 0.6 is 0 Å². The minimum atomic E-state index is -0.158. The van der Waals surface area contributed by atoms with Crippen LogP contribution in [0.3, 0.4) is 0 Å². The van der Waals surface area contributed by atoms with E-state index in [-0.39, 0.29) is 17.4 Å². The highest BCUT2D eigenvalue weighted by Crippen LogP contribution is 2.21. The third-order valence-corrected chi connectivity index (χ3v) is 4.58. The molecule has 0 atom stereocenters. The van der Waals surface area contributed by atoms with Crippen LogP contribution in [0.15, 0.2) is 23.1 Å². The molecule has 8 heteroatoms. The quantitative estimate of drug-likeness (QED) is 0.785. The van der Waals surface area contributed by atoms with Crippen LogP contribution in [0.1, 0.15) is 12.8 Å². The third kappa shape index (κ3) is 3.63. The number of anilines is 1. The van der Waals surface area contributed by atoms with Crippen molar-refractivity contribution < 1.29 is 9.53 Å². The van der Waals surface area contributed by atoms with Gasteiger partial charge in [0.2, 0.25) is 5.91 Å². The molecular weight excluding hydrogens is 322 g/mol. The number of nitrogens with one attached hydrogen (secondary N) is 1. The minimum Gasteiger partial charge on any atom is -0.383 e. The van der Waals surface area contributed by atoms with E-state index >= 15 is 0 Å². The van der Waals surface area contributed by atoms with Gasteiger partial charge in [-0.2, -0.15) is 0 Å².